The first kappa shape index (κ1) is 13.6. The molecule has 3 nitrogen and oxygen atoms in total. The standard InChI is InChI=1S/C12H18INO2/c1-12(2,3)16-11(15)14-8-5-10(4-7-13)6-9-14/h10H,5-6,8-9H2,1-3H3. The van der Waals surface area contributed by atoms with Crippen molar-refractivity contribution in [3.63, 3.8) is 0 Å². The molecule has 0 aromatic heterocycles. The van der Waals surface area contributed by atoms with Gasteiger partial charge >= 0.3 is 6.09 Å². The number of piperidine rings is 1. The van der Waals surface area contributed by atoms with E-state index in [1.165, 1.54) is 0 Å². The van der Waals surface area contributed by atoms with E-state index >= 15 is 0 Å². The van der Waals surface area contributed by atoms with Crippen LogP contribution in [0.4, 0.5) is 4.79 Å². The van der Waals surface area contributed by atoms with Gasteiger partial charge in [0.2, 0.25) is 0 Å². The van der Waals surface area contributed by atoms with Crippen molar-refractivity contribution in [2.45, 2.75) is 39.2 Å². The molecule has 0 unspecified atom stereocenters. The first-order valence-electron chi connectivity index (χ1n) is 5.51. The van der Waals surface area contributed by atoms with E-state index in [0.29, 0.717) is 5.92 Å². The van der Waals surface area contributed by atoms with Gasteiger partial charge in [-0.2, -0.15) is 0 Å². The number of hydrogen-bond acceptors (Lipinski definition) is 2. The second-order valence-electron chi connectivity index (χ2n) is 4.98. The number of carbonyl (C=O) groups excluding carboxylic acids is 1. The van der Waals surface area contributed by atoms with Crippen LogP contribution in [0.1, 0.15) is 33.6 Å². The summed E-state index contributed by atoms with van der Waals surface area (Å²) in [6, 6.07) is 0. The Bertz CT molecular complexity index is 303. The predicted octanol–water partition coefficient (Wildman–Crippen LogP) is 3.03. The van der Waals surface area contributed by atoms with E-state index in [0.717, 1.165) is 25.9 Å². The molecule has 0 atom stereocenters. The molecule has 0 N–H and O–H groups in total. The second kappa shape index (κ2) is 5.76. The fraction of sp³-hybridized carbons (Fsp3) is 0.750. The van der Waals surface area contributed by atoms with Crippen molar-refractivity contribution in [3.8, 4) is 9.85 Å². The van der Waals surface area contributed by atoms with Crippen LogP contribution in [0.15, 0.2) is 0 Å². The molecule has 1 aliphatic heterocycles. The molecule has 1 rings (SSSR count). The SMILES string of the molecule is CC(C)(C)OC(=O)N1CCC(C#CI)CC1. The minimum Gasteiger partial charge on any atom is -0.444 e. The van der Waals surface area contributed by atoms with Crippen molar-refractivity contribution in [1.82, 2.24) is 4.90 Å². The van der Waals surface area contributed by atoms with Gasteiger partial charge in [-0.1, -0.05) is 5.92 Å². The van der Waals surface area contributed by atoms with Crippen LogP contribution in [0.25, 0.3) is 0 Å². The van der Waals surface area contributed by atoms with Gasteiger partial charge in [0.25, 0.3) is 0 Å². The van der Waals surface area contributed by atoms with E-state index < -0.39 is 5.60 Å². The first-order valence-corrected chi connectivity index (χ1v) is 6.59. The first-order chi connectivity index (χ1) is 7.42. The van der Waals surface area contributed by atoms with E-state index in [4.69, 9.17) is 4.74 Å². The Hall–Kier alpha value is -0.440. The zero-order valence-electron chi connectivity index (χ0n) is 10.0. The summed E-state index contributed by atoms with van der Waals surface area (Å²) in [7, 11) is 0. The molecule has 16 heavy (non-hydrogen) atoms. The molecule has 0 aliphatic carbocycles. The molecule has 0 aromatic rings. The number of nitrogens with zero attached hydrogens (tertiary/aromatic N) is 1. The summed E-state index contributed by atoms with van der Waals surface area (Å²) in [5.74, 6) is 3.59. The van der Waals surface area contributed by atoms with E-state index in [1.807, 2.05) is 20.8 Å². The van der Waals surface area contributed by atoms with Crippen LogP contribution in [0, 0.1) is 15.8 Å². The average molecular weight is 335 g/mol. The fourth-order valence-electron chi connectivity index (χ4n) is 1.61. The van der Waals surface area contributed by atoms with Crippen molar-refractivity contribution in [2.75, 3.05) is 13.1 Å². The highest BCUT2D eigenvalue weighted by Crippen LogP contribution is 2.19. The van der Waals surface area contributed by atoms with Crippen molar-refractivity contribution in [1.29, 1.82) is 0 Å². The maximum absolute atomic E-state index is 11.7. The van der Waals surface area contributed by atoms with Gasteiger partial charge in [0, 0.05) is 41.6 Å². The van der Waals surface area contributed by atoms with Crippen LogP contribution in [0.2, 0.25) is 0 Å². The van der Waals surface area contributed by atoms with Crippen molar-refractivity contribution in [2.24, 2.45) is 5.92 Å². The molecule has 0 bridgehead atoms. The van der Waals surface area contributed by atoms with Gasteiger partial charge in [-0.15, -0.1) is 0 Å². The summed E-state index contributed by atoms with van der Waals surface area (Å²) >= 11 is 2.06. The Morgan fingerprint density at radius 3 is 2.38 bits per heavy atom. The Balaban J connectivity index is 2.41. The minimum absolute atomic E-state index is 0.201. The summed E-state index contributed by atoms with van der Waals surface area (Å²) in [4.78, 5) is 13.5. The van der Waals surface area contributed by atoms with Gasteiger partial charge in [-0.05, 0) is 37.5 Å². The highest BCUT2D eigenvalue weighted by atomic mass is 127. The summed E-state index contributed by atoms with van der Waals surface area (Å²) in [5.41, 5.74) is -0.407. The van der Waals surface area contributed by atoms with Crippen molar-refractivity contribution < 1.29 is 9.53 Å². The number of carbonyl (C=O) groups is 1. The Morgan fingerprint density at radius 1 is 1.38 bits per heavy atom. The van der Waals surface area contributed by atoms with E-state index in [-0.39, 0.29) is 6.09 Å². The number of rotatable bonds is 0. The molecular weight excluding hydrogens is 317 g/mol. The minimum atomic E-state index is -0.407. The highest BCUT2D eigenvalue weighted by Gasteiger charge is 2.25. The largest absolute Gasteiger partial charge is 0.444 e. The van der Waals surface area contributed by atoms with E-state index in [1.54, 1.807) is 4.90 Å². The van der Waals surface area contributed by atoms with E-state index in [2.05, 4.69) is 32.4 Å². The maximum Gasteiger partial charge on any atom is 0.410 e. The molecular formula is C12H18INO2. The molecule has 1 heterocycles. The zero-order chi connectivity index (χ0) is 12.2. The molecule has 0 aromatic carbocycles. The maximum atomic E-state index is 11.7. The van der Waals surface area contributed by atoms with Gasteiger partial charge in [-0.25, -0.2) is 4.79 Å². The third-order valence-electron chi connectivity index (χ3n) is 2.41. The van der Waals surface area contributed by atoms with Gasteiger partial charge in [0.1, 0.15) is 5.60 Å². The number of hydrogen-bond donors (Lipinski definition) is 0. The van der Waals surface area contributed by atoms with Gasteiger partial charge in [0.05, 0.1) is 0 Å². The zero-order valence-corrected chi connectivity index (χ0v) is 12.2. The lowest BCUT2D eigenvalue weighted by molar-refractivity contribution is 0.0200. The van der Waals surface area contributed by atoms with Crippen LogP contribution in [-0.2, 0) is 4.74 Å². The quantitative estimate of drug-likeness (QED) is 0.503. The fourth-order valence-corrected chi connectivity index (χ4v) is 2.05. The second-order valence-corrected chi connectivity index (χ2v) is 5.52. The average Bonchev–Trinajstić information content (AvgIpc) is 2.16. The predicted molar refractivity (Wildman–Crippen MR) is 72.3 cm³/mol. The summed E-state index contributed by atoms with van der Waals surface area (Å²) in [6.07, 6.45) is 1.71. The topological polar surface area (TPSA) is 29.5 Å². The number of halogens is 1. The normalized spacial score (nSPS) is 17.6. The molecule has 1 saturated heterocycles. The molecule has 90 valence electrons. The van der Waals surface area contributed by atoms with Gasteiger partial charge in [-0.3, -0.25) is 0 Å². The Kier molecular flexibility index (Phi) is 4.90. The smallest absolute Gasteiger partial charge is 0.410 e. The van der Waals surface area contributed by atoms with E-state index in [9.17, 15) is 4.79 Å². The summed E-state index contributed by atoms with van der Waals surface area (Å²) in [5, 5.41) is 0. The lowest BCUT2D eigenvalue weighted by atomic mass is 9.98. The molecule has 1 fully saturated rings. The molecule has 1 amide bonds. The lowest BCUT2D eigenvalue weighted by Crippen LogP contribution is -2.41. The number of likely N-dealkylation sites (tertiary alicyclic amines) is 1. The number of ether oxygens (including phenoxy) is 1. The third kappa shape index (κ3) is 4.60. The van der Waals surface area contributed by atoms with Crippen LogP contribution in [-0.4, -0.2) is 29.7 Å². The van der Waals surface area contributed by atoms with Crippen LogP contribution in [0.5, 0.6) is 0 Å². The summed E-state index contributed by atoms with van der Waals surface area (Å²) in [6.45, 7) is 7.17. The van der Waals surface area contributed by atoms with Crippen molar-refractivity contribution >= 4 is 28.7 Å². The Labute approximate surface area is 111 Å². The van der Waals surface area contributed by atoms with Gasteiger partial charge < -0.3 is 9.64 Å². The van der Waals surface area contributed by atoms with Crippen molar-refractivity contribution in [3.05, 3.63) is 0 Å². The van der Waals surface area contributed by atoms with Crippen LogP contribution in [0.3, 0.4) is 0 Å². The lowest BCUT2D eigenvalue weighted by Gasteiger charge is -2.31. The highest BCUT2D eigenvalue weighted by molar-refractivity contribution is 14.1. The summed E-state index contributed by atoms with van der Waals surface area (Å²) < 4.78 is 8.23. The third-order valence-corrected chi connectivity index (χ3v) is 2.72. The molecule has 0 spiro atoms. The van der Waals surface area contributed by atoms with Crippen LogP contribution < -0.4 is 0 Å². The molecule has 0 radical (unpaired) electrons. The molecule has 1 aliphatic rings. The molecule has 0 saturated carbocycles. The molecule has 4 heteroatoms. The Morgan fingerprint density at radius 2 is 1.94 bits per heavy atom. The number of amides is 1. The van der Waals surface area contributed by atoms with Gasteiger partial charge in [0.15, 0.2) is 0 Å². The monoisotopic (exact) mass is 335 g/mol. The van der Waals surface area contributed by atoms with Crippen LogP contribution >= 0.6 is 22.6 Å².